The maximum atomic E-state index is 13.0. The molecule has 6 nitrogen and oxygen atoms in total. The molecule has 0 unspecified atom stereocenters. The number of ether oxygens (including phenoxy) is 2. The first-order valence-corrected chi connectivity index (χ1v) is 13.5. The molecule has 1 fully saturated rings. The van der Waals surface area contributed by atoms with Gasteiger partial charge in [-0.05, 0) is 82.6 Å². The monoisotopic (exact) mass is 636 g/mol. The number of hydrazine groups is 1. The Kier molecular flexibility index (Phi) is 8.82. The van der Waals surface area contributed by atoms with Gasteiger partial charge in [-0.3, -0.25) is 15.0 Å². The number of amides is 2. The number of hydrogen-bond donors (Lipinski definition) is 1. The molecule has 0 atom stereocenters. The van der Waals surface area contributed by atoms with Crippen LogP contribution in [0.15, 0.2) is 64.0 Å². The van der Waals surface area contributed by atoms with Crippen molar-refractivity contribution in [2.75, 3.05) is 7.11 Å². The van der Waals surface area contributed by atoms with Crippen LogP contribution < -0.4 is 14.9 Å². The molecule has 1 heterocycles. The van der Waals surface area contributed by atoms with E-state index in [1.165, 1.54) is 7.11 Å². The van der Waals surface area contributed by atoms with Gasteiger partial charge in [0.1, 0.15) is 6.61 Å². The molecule has 3 aromatic rings. The van der Waals surface area contributed by atoms with Crippen molar-refractivity contribution in [1.29, 1.82) is 0 Å². The third kappa shape index (κ3) is 6.13. The minimum atomic E-state index is -0.430. The van der Waals surface area contributed by atoms with Gasteiger partial charge in [0.05, 0.1) is 16.5 Å². The lowest BCUT2D eigenvalue weighted by Gasteiger charge is -2.16. The van der Waals surface area contributed by atoms with Crippen molar-refractivity contribution in [3.63, 3.8) is 0 Å². The molecular weight excluding hydrogens is 619 g/mol. The average Bonchev–Trinajstić information content (AvgIpc) is 3.11. The third-order valence-corrected chi connectivity index (χ3v) is 7.97. The molecule has 11 heteroatoms. The molecule has 1 aliphatic rings. The van der Waals surface area contributed by atoms with Gasteiger partial charge >= 0.3 is 0 Å². The molecule has 37 heavy (non-hydrogen) atoms. The maximum Gasteiger partial charge on any atom is 0.285 e. The van der Waals surface area contributed by atoms with Crippen molar-refractivity contribution in [2.24, 2.45) is 0 Å². The van der Waals surface area contributed by atoms with E-state index in [2.05, 4.69) is 21.4 Å². The van der Waals surface area contributed by atoms with Crippen LogP contribution in [0.1, 0.15) is 27.0 Å². The van der Waals surface area contributed by atoms with E-state index in [1.54, 1.807) is 48.5 Å². The molecule has 0 spiro atoms. The second-order valence-electron chi connectivity index (χ2n) is 7.80. The zero-order chi connectivity index (χ0) is 26.7. The summed E-state index contributed by atoms with van der Waals surface area (Å²) < 4.78 is 12.3. The SMILES string of the molecule is COc1cc(/C=C2\SC(=S)N(NC(=O)c3ccccc3C)C2=O)cc(Br)c1OCc1c(Cl)cccc1Cl. The smallest absolute Gasteiger partial charge is 0.285 e. The van der Waals surface area contributed by atoms with Crippen molar-refractivity contribution >= 4 is 85.3 Å². The molecule has 1 aliphatic heterocycles. The predicted octanol–water partition coefficient (Wildman–Crippen LogP) is 7.20. The van der Waals surface area contributed by atoms with Gasteiger partial charge in [-0.25, -0.2) is 0 Å². The largest absolute Gasteiger partial charge is 0.493 e. The first kappa shape index (κ1) is 27.5. The highest BCUT2D eigenvalue weighted by atomic mass is 79.9. The van der Waals surface area contributed by atoms with Gasteiger partial charge in [0.25, 0.3) is 11.8 Å². The number of aryl methyl sites for hydroxylation is 1. The van der Waals surface area contributed by atoms with E-state index >= 15 is 0 Å². The minimum Gasteiger partial charge on any atom is -0.493 e. The number of thioether (sulfide) groups is 1. The molecular formula is C26H19BrCl2N2O4S2. The Bertz CT molecular complexity index is 1430. The highest BCUT2D eigenvalue weighted by molar-refractivity contribution is 9.10. The summed E-state index contributed by atoms with van der Waals surface area (Å²) in [7, 11) is 1.52. The molecule has 0 aliphatic carbocycles. The quantitative estimate of drug-likeness (QED) is 0.218. The van der Waals surface area contributed by atoms with E-state index in [9.17, 15) is 9.59 Å². The third-order valence-electron chi connectivity index (χ3n) is 5.37. The number of rotatable bonds is 7. The summed E-state index contributed by atoms with van der Waals surface area (Å²) in [5.41, 5.74) is 5.17. The molecule has 0 aromatic heterocycles. The van der Waals surface area contributed by atoms with Gasteiger partial charge in [-0.2, -0.15) is 5.01 Å². The van der Waals surface area contributed by atoms with Crippen LogP contribution in [0.5, 0.6) is 11.5 Å². The molecule has 4 rings (SSSR count). The first-order chi connectivity index (χ1) is 17.7. The van der Waals surface area contributed by atoms with Crippen molar-refractivity contribution < 1.29 is 19.1 Å². The topological polar surface area (TPSA) is 67.9 Å². The van der Waals surface area contributed by atoms with Gasteiger partial charge in [0, 0.05) is 21.2 Å². The zero-order valence-corrected chi connectivity index (χ0v) is 24.2. The van der Waals surface area contributed by atoms with Gasteiger partial charge in [-0.15, -0.1) is 0 Å². The molecule has 2 amide bonds. The lowest BCUT2D eigenvalue weighted by molar-refractivity contribution is -0.123. The van der Waals surface area contributed by atoms with Crippen LogP contribution in [-0.2, 0) is 11.4 Å². The Balaban J connectivity index is 1.54. The highest BCUT2D eigenvalue weighted by Crippen LogP contribution is 2.40. The fraction of sp³-hybridized carbons (Fsp3) is 0.115. The van der Waals surface area contributed by atoms with Crippen LogP contribution in [0.2, 0.25) is 10.0 Å². The summed E-state index contributed by atoms with van der Waals surface area (Å²) in [6, 6.07) is 15.8. The number of nitrogens with zero attached hydrogens (tertiary/aromatic N) is 1. The number of carbonyl (C=O) groups is 2. The van der Waals surface area contributed by atoms with Gasteiger partial charge < -0.3 is 9.47 Å². The minimum absolute atomic E-state index is 0.131. The lowest BCUT2D eigenvalue weighted by Crippen LogP contribution is -2.45. The fourth-order valence-electron chi connectivity index (χ4n) is 3.48. The van der Waals surface area contributed by atoms with E-state index in [-0.39, 0.29) is 10.9 Å². The number of carbonyl (C=O) groups excluding carboxylic acids is 2. The summed E-state index contributed by atoms with van der Waals surface area (Å²) in [5.74, 6) is 0.0433. The molecule has 0 radical (unpaired) electrons. The zero-order valence-electron chi connectivity index (χ0n) is 19.5. The summed E-state index contributed by atoms with van der Waals surface area (Å²) in [5, 5.41) is 2.07. The van der Waals surface area contributed by atoms with Crippen molar-refractivity contribution in [3.8, 4) is 11.5 Å². The maximum absolute atomic E-state index is 13.0. The standard InChI is InChI=1S/C26H19BrCl2N2O4S2/c1-14-6-3-4-7-16(14)24(32)30-31-25(33)22(37-26(31)36)12-15-10-18(27)23(21(11-15)34-2)35-13-17-19(28)8-5-9-20(17)29/h3-12H,13H2,1-2H3,(H,30,32)/b22-12-. The van der Waals surface area contributed by atoms with E-state index in [1.807, 2.05) is 19.1 Å². The number of hydrogen-bond acceptors (Lipinski definition) is 6. The van der Waals surface area contributed by atoms with Gasteiger partial charge in [0.15, 0.2) is 15.8 Å². The second-order valence-corrected chi connectivity index (χ2v) is 11.1. The van der Waals surface area contributed by atoms with Crippen LogP contribution in [0.25, 0.3) is 6.08 Å². The van der Waals surface area contributed by atoms with Gasteiger partial charge in [0.2, 0.25) is 0 Å². The Labute approximate surface area is 242 Å². The average molecular weight is 638 g/mol. The number of halogens is 3. The van der Waals surface area contributed by atoms with E-state index < -0.39 is 11.8 Å². The summed E-state index contributed by atoms with van der Waals surface area (Å²) in [6.07, 6.45) is 1.67. The second kappa shape index (κ2) is 11.9. The molecule has 1 saturated heterocycles. The summed E-state index contributed by atoms with van der Waals surface area (Å²) in [4.78, 5) is 26.1. The molecule has 1 N–H and O–H groups in total. The Hall–Kier alpha value is -2.56. The van der Waals surface area contributed by atoms with E-state index in [4.69, 9.17) is 44.9 Å². The van der Waals surface area contributed by atoms with Crippen LogP contribution >= 0.6 is 63.1 Å². The van der Waals surface area contributed by atoms with Crippen LogP contribution in [0, 0.1) is 6.92 Å². The number of methoxy groups -OCH3 is 1. The number of nitrogens with one attached hydrogen (secondary N) is 1. The lowest BCUT2D eigenvalue weighted by atomic mass is 10.1. The van der Waals surface area contributed by atoms with Gasteiger partial charge in [-0.1, -0.05) is 59.2 Å². The fourth-order valence-corrected chi connectivity index (χ4v) is 5.74. The van der Waals surface area contributed by atoms with E-state index in [0.717, 1.165) is 22.3 Å². The van der Waals surface area contributed by atoms with Crippen molar-refractivity contribution in [1.82, 2.24) is 10.4 Å². The van der Waals surface area contributed by atoms with E-state index in [0.29, 0.717) is 47.6 Å². The molecule has 0 saturated carbocycles. The number of benzene rings is 3. The normalized spacial score (nSPS) is 14.3. The molecule has 190 valence electrons. The Morgan fingerprint density at radius 2 is 1.86 bits per heavy atom. The summed E-state index contributed by atoms with van der Waals surface area (Å²) >= 11 is 22.5. The Morgan fingerprint density at radius 3 is 2.54 bits per heavy atom. The van der Waals surface area contributed by atoms with Crippen LogP contribution in [0.3, 0.4) is 0 Å². The summed E-state index contributed by atoms with van der Waals surface area (Å²) in [6.45, 7) is 1.95. The Morgan fingerprint density at radius 1 is 1.16 bits per heavy atom. The highest BCUT2D eigenvalue weighted by Gasteiger charge is 2.34. The van der Waals surface area contributed by atoms with Crippen molar-refractivity contribution in [3.05, 3.63) is 96.3 Å². The predicted molar refractivity (Wildman–Crippen MR) is 155 cm³/mol. The first-order valence-electron chi connectivity index (χ1n) is 10.8. The van der Waals surface area contributed by atoms with Crippen LogP contribution in [0.4, 0.5) is 0 Å². The van der Waals surface area contributed by atoms with Crippen molar-refractivity contribution in [2.45, 2.75) is 13.5 Å². The molecule has 0 bridgehead atoms. The van der Waals surface area contributed by atoms with Crippen LogP contribution in [-0.4, -0.2) is 28.3 Å². The number of thiocarbonyl (C=S) groups is 1. The molecule has 3 aromatic carbocycles.